The first kappa shape index (κ1) is 12.7. The van der Waals surface area contributed by atoms with Gasteiger partial charge in [0.1, 0.15) is 12.4 Å². The van der Waals surface area contributed by atoms with Crippen LogP contribution in [0.15, 0.2) is 41.5 Å². The molecule has 1 aromatic carbocycles. The summed E-state index contributed by atoms with van der Waals surface area (Å²) in [5.41, 5.74) is 5.47. The highest BCUT2D eigenvalue weighted by molar-refractivity contribution is 5.93. The smallest absolute Gasteiger partial charge is 0.347 e. The second-order valence-electron chi connectivity index (χ2n) is 3.81. The van der Waals surface area contributed by atoms with Crippen LogP contribution < -0.4 is 16.7 Å². The molecule has 0 radical (unpaired) electrons. The lowest BCUT2D eigenvalue weighted by Crippen LogP contribution is -2.28. The summed E-state index contributed by atoms with van der Waals surface area (Å²) in [6.45, 7) is -0.220. The number of rotatable bonds is 3. The van der Waals surface area contributed by atoms with E-state index in [2.05, 4.69) is 10.3 Å². The summed E-state index contributed by atoms with van der Waals surface area (Å²) in [7, 11) is 0. The predicted octanol–water partition coefficient (Wildman–Crippen LogP) is 0.603. The number of amides is 1. The summed E-state index contributed by atoms with van der Waals surface area (Å²) in [5.74, 6) is -1.00. The Bertz CT molecular complexity index is 669. The molecule has 1 aromatic heterocycles. The van der Waals surface area contributed by atoms with Crippen molar-refractivity contribution in [3.05, 3.63) is 53.0 Å². The van der Waals surface area contributed by atoms with Crippen molar-refractivity contribution in [3.63, 3.8) is 0 Å². The van der Waals surface area contributed by atoms with Gasteiger partial charge in [-0.05, 0) is 24.3 Å². The maximum Gasteiger partial charge on any atom is 0.347 e. The summed E-state index contributed by atoms with van der Waals surface area (Å²) in [5, 5.41) is 2.44. The summed E-state index contributed by atoms with van der Waals surface area (Å²) < 4.78 is 14.1. The van der Waals surface area contributed by atoms with Crippen LogP contribution in [0.5, 0.6) is 0 Å². The fraction of sp³-hybridized carbons (Fsp3) is 0.0833. The predicted molar refractivity (Wildman–Crippen MR) is 67.9 cm³/mol. The fourth-order valence-corrected chi connectivity index (χ4v) is 1.49. The van der Waals surface area contributed by atoms with E-state index in [9.17, 15) is 14.0 Å². The van der Waals surface area contributed by atoms with Gasteiger partial charge in [0.05, 0.1) is 11.4 Å². The van der Waals surface area contributed by atoms with Crippen LogP contribution in [0.4, 0.5) is 15.8 Å². The molecule has 1 amide bonds. The number of aromatic nitrogens is 2. The lowest BCUT2D eigenvalue weighted by molar-refractivity contribution is -0.116. The van der Waals surface area contributed by atoms with E-state index in [1.165, 1.54) is 30.6 Å². The minimum absolute atomic E-state index is 0.168. The van der Waals surface area contributed by atoms with Crippen molar-refractivity contribution >= 4 is 17.3 Å². The number of hydrogen-bond donors (Lipinski definition) is 2. The van der Waals surface area contributed by atoms with Crippen molar-refractivity contribution in [1.82, 2.24) is 9.55 Å². The molecule has 0 fully saturated rings. The van der Waals surface area contributed by atoms with Gasteiger partial charge in [0.15, 0.2) is 0 Å². The van der Waals surface area contributed by atoms with Crippen molar-refractivity contribution in [3.8, 4) is 0 Å². The molecule has 6 nitrogen and oxygen atoms in total. The van der Waals surface area contributed by atoms with Gasteiger partial charge in [-0.25, -0.2) is 14.2 Å². The summed E-state index contributed by atoms with van der Waals surface area (Å²) in [6.07, 6.45) is 2.77. The van der Waals surface area contributed by atoms with E-state index in [0.29, 0.717) is 0 Å². The van der Waals surface area contributed by atoms with E-state index in [-0.39, 0.29) is 17.9 Å². The molecule has 0 saturated heterocycles. The molecule has 0 aliphatic carbocycles. The van der Waals surface area contributed by atoms with Crippen molar-refractivity contribution in [1.29, 1.82) is 0 Å². The van der Waals surface area contributed by atoms with Crippen LogP contribution in [0.25, 0.3) is 0 Å². The summed E-state index contributed by atoms with van der Waals surface area (Å²) in [6, 6.07) is 5.18. The quantitative estimate of drug-likeness (QED) is 0.793. The highest BCUT2D eigenvalue weighted by atomic mass is 19.1. The second-order valence-corrected chi connectivity index (χ2v) is 3.81. The minimum Gasteiger partial charge on any atom is -0.397 e. The number of anilines is 2. The molecule has 0 atom stereocenters. The Morgan fingerprint density at radius 3 is 3.00 bits per heavy atom. The SMILES string of the molecule is Nc1ccc(F)cc1NC(=O)Cn1cccnc1=O. The van der Waals surface area contributed by atoms with Crippen LogP contribution in [0.2, 0.25) is 0 Å². The molecular weight excluding hydrogens is 251 g/mol. The number of nitrogen functional groups attached to an aromatic ring is 1. The second kappa shape index (κ2) is 5.30. The van der Waals surface area contributed by atoms with Gasteiger partial charge in [0.2, 0.25) is 5.91 Å². The monoisotopic (exact) mass is 262 g/mol. The van der Waals surface area contributed by atoms with E-state index in [0.717, 1.165) is 10.6 Å². The van der Waals surface area contributed by atoms with Crippen molar-refractivity contribution < 1.29 is 9.18 Å². The largest absolute Gasteiger partial charge is 0.397 e. The Labute approximate surface area is 107 Å². The number of halogens is 1. The molecular formula is C12H11FN4O2. The molecule has 2 rings (SSSR count). The van der Waals surface area contributed by atoms with Gasteiger partial charge in [-0.15, -0.1) is 0 Å². The molecule has 0 bridgehead atoms. The van der Waals surface area contributed by atoms with E-state index in [1.807, 2.05) is 0 Å². The standard InChI is InChI=1S/C12H11FN4O2/c13-8-2-3-9(14)10(6-8)16-11(18)7-17-5-1-4-15-12(17)19/h1-6H,7,14H2,(H,16,18). The molecule has 2 aromatic rings. The Kier molecular flexibility index (Phi) is 3.56. The number of nitrogens with zero attached hydrogens (tertiary/aromatic N) is 2. The minimum atomic E-state index is -0.537. The first-order chi connectivity index (χ1) is 9.06. The molecule has 19 heavy (non-hydrogen) atoms. The van der Waals surface area contributed by atoms with E-state index < -0.39 is 17.4 Å². The molecule has 1 heterocycles. The topological polar surface area (TPSA) is 90.0 Å². The molecule has 0 aliphatic rings. The maximum absolute atomic E-state index is 13.0. The third kappa shape index (κ3) is 3.15. The van der Waals surface area contributed by atoms with Crippen LogP contribution >= 0.6 is 0 Å². The number of nitrogens with two attached hydrogens (primary N) is 1. The highest BCUT2D eigenvalue weighted by Crippen LogP contribution is 2.18. The normalized spacial score (nSPS) is 10.2. The van der Waals surface area contributed by atoms with Crippen LogP contribution in [-0.2, 0) is 11.3 Å². The van der Waals surface area contributed by atoms with E-state index >= 15 is 0 Å². The highest BCUT2D eigenvalue weighted by Gasteiger charge is 2.08. The number of carbonyl (C=O) groups is 1. The molecule has 7 heteroatoms. The first-order valence-corrected chi connectivity index (χ1v) is 5.42. The summed E-state index contributed by atoms with van der Waals surface area (Å²) >= 11 is 0. The van der Waals surface area contributed by atoms with Gasteiger partial charge in [-0.1, -0.05) is 0 Å². The van der Waals surface area contributed by atoms with Crippen molar-refractivity contribution in [2.75, 3.05) is 11.1 Å². The zero-order valence-corrected chi connectivity index (χ0v) is 9.84. The Morgan fingerprint density at radius 2 is 2.26 bits per heavy atom. The van der Waals surface area contributed by atoms with Gasteiger partial charge in [-0.2, -0.15) is 0 Å². The van der Waals surface area contributed by atoms with Crippen LogP contribution in [0, 0.1) is 5.82 Å². The van der Waals surface area contributed by atoms with Gasteiger partial charge in [0, 0.05) is 12.4 Å². The maximum atomic E-state index is 13.0. The molecule has 0 unspecified atom stereocenters. The lowest BCUT2D eigenvalue weighted by Gasteiger charge is -2.09. The molecule has 0 aliphatic heterocycles. The zero-order chi connectivity index (χ0) is 13.8. The van der Waals surface area contributed by atoms with Gasteiger partial charge < -0.3 is 11.1 Å². The average molecular weight is 262 g/mol. The fourth-order valence-electron chi connectivity index (χ4n) is 1.49. The third-order valence-corrected chi connectivity index (χ3v) is 2.39. The third-order valence-electron chi connectivity index (χ3n) is 2.39. The zero-order valence-electron chi connectivity index (χ0n) is 9.84. The number of benzene rings is 1. The molecule has 98 valence electrons. The van der Waals surface area contributed by atoms with Gasteiger partial charge in [-0.3, -0.25) is 9.36 Å². The number of carbonyl (C=O) groups excluding carboxylic acids is 1. The van der Waals surface area contributed by atoms with Crippen molar-refractivity contribution in [2.24, 2.45) is 0 Å². The van der Waals surface area contributed by atoms with Crippen LogP contribution in [0.1, 0.15) is 0 Å². The Balaban J connectivity index is 2.12. The average Bonchev–Trinajstić information content (AvgIpc) is 2.37. The van der Waals surface area contributed by atoms with Gasteiger partial charge >= 0.3 is 5.69 Å². The number of nitrogens with one attached hydrogen (secondary N) is 1. The number of hydrogen-bond acceptors (Lipinski definition) is 4. The van der Waals surface area contributed by atoms with Crippen LogP contribution in [-0.4, -0.2) is 15.5 Å². The van der Waals surface area contributed by atoms with Gasteiger partial charge in [0.25, 0.3) is 0 Å². The Morgan fingerprint density at radius 1 is 1.47 bits per heavy atom. The summed E-state index contributed by atoms with van der Waals surface area (Å²) in [4.78, 5) is 26.5. The van der Waals surface area contributed by atoms with Crippen molar-refractivity contribution in [2.45, 2.75) is 6.54 Å². The van der Waals surface area contributed by atoms with E-state index in [4.69, 9.17) is 5.73 Å². The van der Waals surface area contributed by atoms with E-state index in [1.54, 1.807) is 0 Å². The molecule has 0 spiro atoms. The molecule has 0 saturated carbocycles. The first-order valence-electron chi connectivity index (χ1n) is 5.42. The lowest BCUT2D eigenvalue weighted by atomic mass is 10.2. The molecule has 3 N–H and O–H groups in total. The Hall–Kier alpha value is -2.70. The van der Waals surface area contributed by atoms with Crippen LogP contribution in [0.3, 0.4) is 0 Å².